The van der Waals surface area contributed by atoms with E-state index in [1.54, 1.807) is 11.0 Å². The zero-order valence-electron chi connectivity index (χ0n) is 16.3. The maximum Gasteiger partial charge on any atom is 0.246 e. The minimum Gasteiger partial charge on any atom is -0.489 e. The summed E-state index contributed by atoms with van der Waals surface area (Å²) in [6.45, 7) is 5.53. The van der Waals surface area contributed by atoms with Crippen molar-refractivity contribution < 1.29 is 13.9 Å². The highest BCUT2D eigenvalue weighted by atomic mass is 35.5. The van der Waals surface area contributed by atoms with Crippen LogP contribution in [-0.2, 0) is 4.79 Å². The molecule has 1 atom stereocenters. The molecule has 3 aromatic rings. The molecule has 0 N–H and O–H groups in total. The van der Waals surface area contributed by atoms with Crippen LogP contribution in [0.1, 0.15) is 0 Å². The zero-order valence-corrected chi connectivity index (χ0v) is 17.8. The number of carbonyl (C=O) groups is 1. The van der Waals surface area contributed by atoms with Gasteiger partial charge in [0.1, 0.15) is 24.6 Å². The Morgan fingerprint density at radius 3 is 2.84 bits per heavy atom. The third-order valence-electron chi connectivity index (χ3n) is 5.68. The lowest BCUT2D eigenvalue weighted by atomic mass is 10.0. The molecule has 0 unspecified atom stereocenters. The van der Waals surface area contributed by atoms with Crippen LogP contribution < -0.4 is 9.64 Å². The standard InChI is InChI=1S/C22H17Cl2FN4O2/c1-2-18(30)28-5-6-29-13(9-28)10-31-21-19-17(26-11-27-22(19)29)8-15(20(21)24)14-4-3-12(25)7-16(14)23/h2-4,7-8,11,13H,1,5-6,9-10H2/t13-/m0/s1. The van der Waals surface area contributed by atoms with E-state index < -0.39 is 5.82 Å². The first-order valence-electron chi connectivity index (χ1n) is 9.71. The summed E-state index contributed by atoms with van der Waals surface area (Å²) in [4.78, 5) is 24.9. The number of amides is 1. The Kier molecular flexibility index (Phi) is 4.95. The monoisotopic (exact) mass is 458 g/mol. The minimum absolute atomic E-state index is 0.0999. The summed E-state index contributed by atoms with van der Waals surface area (Å²) in [6.07, 6.45) is 2.81. The molecule has 2 aromatic carbocycles. The first-order valence-corrected chi connectivity index (χ1v) is 10.5. The number of carbonyl (C=O) groups excluding carboxylic acids is 1. The smallest absolute Gasteiger partial charge is 0.246 e. The van der Waals surface area contributed by atoms with E-state index in [0.717, 1.165) is 0 Å². The molecule has 2 aliphatic heterocycles. The second-order valence-electron chi connectivity index (χ2n) is 7.43. The SMILES string of the molecule is C=CC(=O)N1CCN2c3ncnc4cc(-c5ccc(F)cc5Cl)c(Cl)c(c34)OC[C@@H]2C1. The number of piperazine rings is 1. The second-order valence-corrected chi connectivity index (χ2v) is 8.21. The van der Waals surface area contributed by atoms with Crippen molar-refractivity contribution in [2.24, 2.45) is 0 Å². The fourth-order valence-electron chi connectivity index (χ4n) is 4.19. The van der Waals surface area contributed by atoms with E-state index in [9.17, 15) is 9.18 Å². The van der Waals surface area contributed by atoms with Gasteiger partial charge in [-0.25, -0.2) is 14.4 Å². The van der Waals surface area contributed by atoms with Crippen LogP contribution in [-0.4, -0.2) is 53.1 Å². The molecule has 2 aliphatic rings. The van der Waals surface area contributed by atoms with Gasteiger partial charge in [0.2, 0.25) is 5.91 Å². The molecule has 5 rings (SSSR count). The number of fused-ring (bicyclic) bond motifs is 2. The van der Waals surface area contributed by atoms with E-state index in [0.29, 0.717) is 64.9 Å². The molecule has 0 radical (unpaired) electrons. The second kappa shape index (κ2) is 7.66. The number of anilines is 1. The van der Waals surface area contributed by atoms with Crippen molar-refractivity contribution in [3.05, 3.63) is 59.1 Å². The fourth-order valence-corrected chi connectivity index (χ4v) is 4.77. The molecule has 0 aliphatic carbocycles. The molecule has 1 saturated heterocycles. The summed E-state index contributed by atoms with van der Waals surface area (Å²) >= 11 is 13.1. The molecule has 9 heteroatoms. The number of nitrogens with zero attached hydrogens (tertiary/aromatic N) is 4. The number of halogens is 3. The highest BCUT2D eigenvalue weighted by Gasteiger charge is 2.35. The van der Waals surface area contributed by atoms with Gasteiger partial charge in [0.05, 0.1) is 27.0 Å². The topological polar surface area (TPSA) is 58.6 Å². The third kappa shape index (κ3) is 3.28. The predicted molar refractivity (Wildman–Crippen MR) is 118 cm³/mol. The average Bonchev–Trinajstić information content (AvgIpc) is 2.94. The molecule has 1 fully saturated rings. The van der Waals surface area contributed by atoms with Gasteiger partial charge in [-0.2, -0.15) is 0 Å². The van der Waals surface area contributed by atoms with Crippen LogP contribution in [0.2, 0.25) is 10.0 Å². The van der Waals surface area contributed by atoms with E-state index in [1.165, 1.54) is 24.5 Å². The number of hydrogen-bond acceptors (Lipinski definition) is 5. The van der Waals surface area contributed by atoms with Crippen molar-refractivity contribution in [1.82, 2.24) is 14.9 Å². The van der Waals surface area contributed by atoms with Crippen molar-refractivity contribution in [1.29, 1.82) is 0 Å². The Morgan fingerprint density at radius 1 is 1.23 bits per heavy atom. The normalized spacial score (nSPS) is 17.7. The first-order chi connectivity index (χ1) is 15.0. The van der Waals surface area contributed by atoms with Gasteiger partial charge in [-0.1, -0.05) is 29.8 Å². The summed E-state index contributed by atoms with van der Waals surface area (Å²) in [5.41, 5.74) is 1.83. The lowest BCUT2D eigenvalue weighted by molar-refractivity contribution is -0.126. The highest BCUT2D eigenvalue weighted by molar-refractivity contribution is 6.38. The third-order valence-corrected chi connectivity index (χ3v) is 6.37. The Bertz CT molecular complexity index is 1240. The van der Waals surface area contributed by atoms with Crippen LogP contribution in [0.5, 0.6) is 5.75 Å². The van der Waals surface area contributed by atoms with Gasteiger partial charge in [0, 0.05) is 30.8 Å². The van der Waals surface area contributed by atoms with Crippen LogP contribution in [0.4, 0.5) is 10.2 Å². The summed E-state index contributed by atoms with van der Waals surface area (Å²) in [5, 5.41) is 1.31. The predicted octanol–water partition coefficient (Wildman–Crippen LogP) is 4.34. The van der Waals surface area contributed by atoms with Gasteiger partial charge in [-0.05, 0) is 30.3 Å². The van der Waals surface area contributed by atoms with Gasteiger partial charge in [-0.3, -0.25) is 4.79 Å². The molecule has 158 valence electrons. The number of rotatable bonds is 2. The van der Waals surface area contributed by atoms with E-state index in [1.807, 2.05) is 6.07 Å². The number of ether oxygens (including phenoxy) is 1. The summed E-state index contributed by atoms with van der Waals surface area (Å²) in [5.74, 6) is 0.633. The van der Waals surface area contributed by atoms with Crippen LogP contribution >= 0.6 is 23.2 Å². The quantitative estimate of drug-likeness (QED) is 0.534. The van der Waals surface area contributed by atoms with Crippen LogP contribution in [0.15, 0.2) is 43.2 Å². The molecule has 0 saturated carbocycles. The number of aromatic nitrogens is 2. The van der Waals surface area contributed by atoms with E-state index in [4.69, 9.17) is 27.9 Å². The molecule has 6 nitrogen and oxygen atoms in total. The van der Waals surface area contributed by atoms with Crippen LogP contribution in [0, 0.1) is 5.82 Å². The molecule has 1 amide bonds. The maximum absolute atomic E-state index is 13.6. The largest absolute Gasteiger partial charge is 0.489 e. The maximum atomic E-state index is 13.6. The first kappa shape index (κ1) is 20.0. The van der Waals surface area contributed by atoms with Crippen LogP contribution in [0.25, 0.3) is 22.0 Å². The van der Waals surface area contributed by atoms with Crippen molar-refractivity contribution in [2.75, 3.05) is 31.1 Å². The number of benzene rings is 2. The minimum atomic E-state index is -0.430. The fraction of sp³-hybridized carbons (Fsp3) is 0.227. The van der Waals surface area contributed by atoms with Gasteiger partial charge in [0.15, 0.2) is 5.75 Å². The highest BCUT2D eigenvalue weighted by Crippen LogP contribution is 2.47. The van der Waals surface area contributed by atoms with Gasteiger partial charge in [0.25, 0.3) is 0 Å². The Labute approximate surface area is 187 Å². The lowest BCUT2D eigenvalue weighted by Gasteiger charge is -2.40. The lowest BCUT2D eigenvalue weighted by Crippen LogP contribution is -2.56. The Morgan fingerprint density at radius 2 is 2.06 bits per heavy atom. The van der Waals surface area contributed by atoms with Crippen molar-refractivity contribution >= 4 is 45.8 Å². The summed E-state index contributed by atoms with van der Waals surface area (Å²) in [6, 6.07) is 5.87. The molecule has 0 bridgehead atoms. The molecule has 1 aromatic heterocycles. The molecule has 0 spiro atoms. The summed E-state index contributed by atoms with van der Waals surface area (Å²) < 4.78 is 19.7. The van der Waals surface area contributed by atoms with Gasteiger partial charge in [-0.15, -0.1) is 0 Å². The van der Waals surface area contributed by atoms with Crippen molar-refractivity contribution in [2.45, 2.75) is 6.04 Å². The summed E-state index contributed by atoms with van der Waals surface area (Å²) in [7, 11) is 0. The van der Waals surface area contributed by atoms with Crippen molar-refractivity contribution in [3.63, 3.8) is 0 Å². The van der Waals surface area contributed by atoms with Crippen LogP contribution in [0.3, 0.4) is 0 Å². The zero-order chi connectivity index (χ0) is 21.7. The van der Waals surface area contributed by atoms with Gasteiger partial charge < -0.3 is 14.5 Å². The molecule has 31 heavy (non-hydrogen) atoms. The Balaban J connectivity index is 1.65. The Hall–Kier alpha value is -2.90. The number of hydrogen-bond donors (Lipinski definition) is 0. The van der Waals surface area contributed by atoms with Crippen molar-refractivity contribution in [3.8, 4) is 16.9 Å². The molecular formula is C22H17Cl2FN4O2. The van der Waals surface area contributed by atoms with Gasteiger partial charge >= 0.3 is 0 Å². The average molecular weight is 459 g/mol. The molecule has 3 heterocycles. The van der Waals surface area contributed by atoms with E-state index >= 15 is 0 Å². The molecular weight excluding hydrogens is 442 g/mol. The van der Waals surface area contributed by atoms with E-state index in [2.05, 4.69) is 21.4 Å². The van der Waals surface area contributed by atoms with E-state index in [-0.39, 0.29) is 17.0 Å².